The van der Waals surface area contributed by atoms with E-state index < -0.39 is 0 Å². The average molecular weight is 382 g/mol. The fraction of sp³-hybridized carbons (Fsp3) is 0.353. The summed E-state index contributed by atoms with van der Waals surface area (Å²) in [5, 5.41) is 1.18. The topological polar surface area (TPSA) is 66.7 Å². The molecule has 25 heavy (non-hydrogen) atoms. The summed E-state index contributed by atoms with van der Waals surface area (Å²) in [7, 11) is 0. The summed E-state index contributed by atoms with van der Waals surface area (Å²) in [5.41, 5.74) is 1.21. The number of piperazine rings is 1. The lowest BCUT2D eigenvalue weighted by molar-refractivity contribution is -0.131. The SMILES string of the molecule is O=C(CCC(=O)N1CCN(c2cc(Cl)cc(Cl)c2)CC1)c1cocn1. The van der Waals surface area contributed by atoms with Gasteiger partial charge >= 0.3 is 0 Å². The van der Waals surface area contributed by atoms with E-state index in [0.717, 1.165) is 5.69 Å². The van der Waals surface area contributed by atoms with E-state index in [9.17, 15) is 9.59 Å². The van der Waals surface area contributed by atoms with E-state index in [1.54, 1.807) is 11.0 Å². The second kappa shape index (κ2) is 7.89. The molecular weight excluding hydrogens is 365 g/mol. The molecule has 0 N–H and O–H groups in total. The van der Waals surface area contributed by atoms with Crippen LogP contribution in [0.4, 0.5) is 5.69 Å². The molecule has 8 heteroatoms. The number of hydrogen-bond acceptors (Lipinski definition) is 5. The smallest absolute Gasteiger partial charge is 0.223 e. The second-order valence-corrected chi connectivity index (χ2v) is 6.67. The monoisotopic (exact) mass is 381 g/mol. The zero-order valence-corrected chi connectivity index (χ0v) is 15.0. The van der Waals surface area contributed by atoms with Gasteiger partial charge in [-0.2, -0.15) is 0 Å². The molecule has 3 rings (SSSR count). The van der Waals surface area contributed by atoms with Crippen LogP contribution in [0.1, 0.15) is 23.3 Å². The number of Topliss-reactive ketones (excluding diaryl/α,β-unsaturated/α-hetero) is 1. The van der Waals surface area contributed by atoms with Crippen molar-refractivity contribution in [2.75, 3.05) is 31.1 Å². The quantitative estimate of drug-likeness (QED) is 0.743. The van der Waals surface area contributed by atoms with Gasteiger partial charge in [0.1, 0.15) is 12.0 Å². The minimum absolute atomic E-state index is 0.0272. The van der Waals surface area contributed by atoms with E-state index in [4.69, 9.17) is 27.6 Å². The highest BCUT2D eigenvalue weighted by molar-refractivity contribution is 6.35. The molecule has 1 aliphatic heterocycles. The highest BCUT2D eigenvalue weighted by atomic mass is 35.5. The molecule has 1 amide bonds. The third kappa shape index (κ3) is 4.52. The number of aromatic nitrogens is 1. The summed E-state index contributed by atoms with van der Waals surface area (Å²) >= 11 is 12.1. The highest BCUT2D eigenvalue weighted by Gasteiger charge is 2.22. The van der Waals surface area contributed by atoms with E-state index in [0.29, 0.717) is 36.2 Å². The molecule has 1 aliphatic rings. The Morgan fingerprint density at radius 3 is 2.32 bits per heavy atom. The molecule has 1 aromatic heterocycles. The molecule has 0 atom stereocenters. The number of rotatable bonds is 5. The first-order valence-electron chi connectivity index (χ1n) is 7.93. The van der Waals surface area contributed by atoms with Crippen molar-refractivity contribution in [3.63, 3.8) is 0 Å². The first-order chi connectivity index (χ1) is 12.0. The van der Waals surface area contributed by atoms with Gasteiger partial charge in [-0.05, 0) is 18.2 Å². The zero-order chi connectivity index (χ0) is 17.8. The second-order valence-electron chi connectivity index (χ2n) is 5.79. The van der Waals surface area contributed by atoms with Gasteiger partial charge in [0, 0.05) is 54.8 Å². The maximum absolute atomic E-state index is 12.3. The predicted octanol–water partition coefficient (Wildman–Crippen LogP) is 3.29. The van der Waals surface area contributed by atoms with Crippen molar-refractivity contribution in [1.82, 2.24) is 9.88 Å². The van der Waals surface area contributed by atoms with Gasteiger partial charge in [-0.25, -0.2) is 4.98 Å². The van der Waals surface area contributed by atoms with Crippen LogP contribution >= 0.6 is 23.2 Å². The number of ketones is 1. The molecule has 1 saturated heterocycles. The molecule has 0 bridgehead atoms. The third-order valence-electron chi connectivity index (χ3n) is 4.13. The minimum atomic E-state index is -0.186. The molecule has 0 saturated carbocycles. The van der Waals surface area contributed by atoms with Gasteiger partial charge in [0.15, 0.2) is 12.2 Å². The van der Waals surface area contributed by atoms with Gasteiger partial charge in [-0.1, -0.05) is 23.2 Å². The number of benzene rings is 1. The Morgan fingerprint density at radius 1 is 1.04 bits per heavy atom. The van der Waals surface area contributed by atoms with E-state index in [1.807, 2.05) is 12.1 Å². The predicted molar refractivity (Wildman–Crippen MR) is 95.3 cm³/mol. The van der Waals surface area contributed by atoms with Crippen LogP contribution in [0.15, 0.2) is 35.3 Å². The normalized spacial score (nSPS) is 14.6. The van der Waals surface area contributed by atoms with Crippen LogP contribution in [0.3, 0.4) is 0 Å². The fourth-order valence-electron chi connectivity index (χ4n) is 2.79. The zero-order valence-electron chi connectivity index (χ0n) is 13.5. The molecule has 1 fully saturated rings. The lowest BCUT2D eigenvalue weighted by Gasteiger charge is -2.36. The van der Waals surface area contributed by atoms with Crippen molar-refractivity contribution in [2.24, 2.45) is 0 Å². The first-order valence-corrected chi connectivity index (χ1v) is 8.69. The average Bonchev–Trinajstić information content (AvgIpc) is 3.13. The van der Waals surface area contributed by atoms with Crippen LogP contribution < -0.4 is 4.90 Å². The number of oxazole rings is 1. The molecular formula is C17H17Cl2N3O3. The Kier molecular flexibility index (Phi) is 5.60. The van der Waals surface area contributed by atoms with Gasteiger partial charge in [-0.3, -0.25) is 9.59 Å². The molecule has 0 spiro atoms. The molecule has 6 nitrogen and oxygen atoms in total. The molecule has 0 unspecified atom stereocenters. The number of carbonyl (C=O) groups excluding carboxylic acids is 2. The molecule has 2 aromatic rings. The maximum Gasteiger partial charge on any atom is 0.223 e. The van der Waals surface area contributed by atoms with Crippen molar-refractivity contribution in [2.45, 2.75) is 12.8 Å². The van der Waals surface area contributed by atoms with E-state index in [-0.39, 0.29) is 30.2 Å². The highest BCUT2D eigenvalue weighted by Crippen LogP contribution is 2.26. The maximum atomic E-state index is 12.3. The van der Waals surface area contributed by atoms with Crippen molar-refractivity contribution in [1.29, 1.82) is 0 Å². The minimum Gasteiger partial charge on any atom is -0.451 e. The van der Waals surface area contributed by atoms with Crippen molar-refractivity contribution in [3.05, 3.63) is 46.6 Å². The van der Waals surface area contributed by atoms with Crippen LogP contribution in [0.2, 0.25) is 10.0 Å². The number of hydrogen-bond donors (Lipinski definition) is 0. The standard InChI is InChI=1S/C17H17Cl2N3O3/c18-12-7-13(19)9-14(8-12)21-3-5-22(6-4-21)17(24)2-1-16(23)15-10-25-11-20-15/h7-11H,1-6H2. The van der Waals surface area contributed by atoms with Crippen molar-refractivity contribution < 1.29 is 14.0 Å². The lowest BCUT2D eigenvalue weighted by atomic mass is 10.1. The molecule has 132 valence electrons. The van der Waals surface area contributed by atoms with E-state index in [2.05, 4.69) is 9.88 Å². The Hall–Kier alpha value is -2.05. The Labute approximate surface area is 155 Å². The van der Waals surface area contributed by atoms with Crippen LogP contribution in [0.5, 0.6) is 0 Å². The molecule has 1 aromatic carbocycles. The van der Waals surface area contributed by atoms with Gasteiger partial charge in [0.05, 0.1) is 0 Å². The summed E-state index contributed by atoms with van der Waals surface area (Å²) in [6.45, 7) is 2.58. The number of anilines is 1. The number of nitrogens with zero attached hydrogens (tertiary/aromatic N) is 3. The van der Waals surface area contributed by atoms with E-state index in [1.165, 1.54) is 12.7 Å². The summed E-state index contributed by atoms with van der Waals surface area (Å²) in [4.78, 5) is 31.9. The Balaban J connectivity index is 1.50. The van der Waals surface area contributed by atoms with E-state index >= 15 is 0 Å². The number of carbonyl (C=O) groups is 2. The summed E-state index contributed by atoms with van der Waals surface area (Å²) in [5.74, 6) is -0.213. The van der Waals surface area contributed by atoms with Crippen LogP contribution in [0.25, 0.3) is 0 Å². The molecule has 0 radical (unpaired) electrons. The van der Waals surface area contributed by atoms with Crippen molar-refractivity contribution >= 4 is 40.6 Å². The van der Waals surface area contributed by atoms with Crippen molar-refractivity contribution in [3.8, 4) is 0 Å². The van der Waals surface area contributed by atoms with Crippen LogP contribution in [-0.2, 0) is 4.79 Å². The van der Waals surface area contributed by atoms with Crippen LogP contribution in [0, 0.1) is 0 Å². The van der Waals surface area contributed by atoms with Gasteiger partial charge in [-0.15, -0.1) is 0 Å². The summed E-state index contributed by atoms with van der Waals surface area (Å²) < 4.78 is 4.78. The summed E-state index contributed by atoms with van der Waals surface area (Å²) in [6, 6.07) is 5.42. The van der Waals surface area contributed by atoms with Gasteiger partial charge in [0.2, 0.25) is 5.91 Å². The number of amides is 1. The first kappa shape index (κ1) is 17.8. The third-order valence-corrected chi connectivity index (χ3v) is 4.57. The fourth-order valence-corrected chi connectivity index (χ4v) is 3.31. The van der Waals surface area contributed by atoms with Gasteiger partial charge in [0.25, 0.3) is 0 Å². The largest absolute Gasteiger partial charge is 0.451 e. The number of halogens is 2. The lowest BCUT2D eigenvalue weighted by Crippen LogP contribution is -2.48. The molecule has 0 aliphatic carbocycles. The Morgan fingerprint density at radius 2 is 1.72 bits per heavy atom. The van der Waals surface area contributed by atoms with Gasteiger partial charge < -0.3 is 14.2 Å². The Bertz CT molecular complexity index is 736. The molecule has 2 heterocycles. The summed E-state index contributed by atoms with van der Waals surface area (Å²) in [6.07, 6.45) is 2.81. The van der Waals surface area contributed by atoms with Crippen LogP contribution in [-0.4, -0.2) is 47.8 Å².